The number of hydrogen-bond donors (Lipinski definition) is 0. The largest absolute Gasteiger partial charge is 0.331 e. The number of aromatic nitrogens is 3. The SMILES string of the molecule is CC1CN(C(=O)c2ccc(-n3cnnc3)cc2)C1c1ccccc1. The maximum Gasteiger partial charge on any atom is 0.254 e. The molecule has 1 saturated heterocycles. The molecular weight excluding hydrogens is 300 g/mol. The van der Waals surface area contributed by atoms with E-state index in [4.69, 9.17) is 0 Å². The van der Waals surface area contributed by atoms with Gasteiger partial charge in [0.15, 0.2) is 0 Å². The Balaban J connectivity index is 1.55. The van der Waals surface area contributed by atoms with Crippen molar-refractivity contribution in [3.8, 4) is 5.69 Å². The van der Waals surface area contributed by atoms with Crippen molar-refractivity contribution >= 4 is 5.91 Å². The van der Waals surface area contributed by atoms with Crippen LogP contribution in [0.25, 0.3) is 5.69 Å². The average Bonchev–Trinajstić information content (AvgIpc) is 3.15. The fourth-order valence-electron chi connectivity index (χ4n) is 3.34. The molecular formula is C19H18N4O. The van der Waals surface area contributed by atoms with E-state index in [1.165, 1.54) is 5.56 Å². The molecule has 1 aliphatic rings. The summed E-state index contributed by atoms with van der Waals surface area (Å²) in [6, 6.07) is 18.0. The molecule has 0 N–H and O–H groups in total. The summed E-state index contributed by atoms with van der Waals surface area (Å²) < 4.78 is 1.81. The van der Waals surface area contributed by atoms with Gasteiger partial charge in [-0.3, -0.25) is 9.36 Å². The second kappa shape index (κ2) is 5.92. The minimum absolute atomic E-state index is 0.0808. The first-order valence-electron chi connectivity index (χ1n) is 8.05. The summed E-state index contributed by atoms with van der Waals surface area (Å²) in [5.41, 5.74) is 2.85. The zero-order chi connectivity index (χ0) is 16.5. The molecule has 1 aromatic heterocycles. The highest BCUT2D eigenvalue weighted by Crippen LogP contribution is 2.39. The lowest BCUT2D eigenvalue weighted by molar-refractivity contribution is 0.0198. The lowest BCUT2D eigenvalue weighted by Gasteiger charge is -2.47. The van der Waals surface area contributed by atoms with Crippen molar-refractivity contribution < 1.29 is 4.79 Å². The van der Waals surface area contributed by atoms with E-state index in [0.717, 1.165) is 12.2 Å². The molecule has 1 amide bonds. The van der Waals surface area contributed by atoms with Crippen LogP contribution in [0.2, 0.25) is 0 Å². The first kappa shape index (κ1) is 14.6. The van der Waals surface area contributed by atoms with Gasteiger partial charge in [-0.05, 0) is 35.7 Å². The van der Waals surface area contributed by atoms with E-state index < -0.39 is 0 Å². The van der Waals surface area contributed by atoms with Gasteiger partial charge in [0.05, 0.1) is 6.04 Å². The normalized spacial score (nSPS) is 19.8. The lowest BCUT2D eigenvalue weighted by atomic mass is 9.84. The van der Waals surface area contributed by atoms with Gasteiger partial charge in [0, 0.05) is 17.8 Å². The molecule has 3 aromatic rings. The van der Waals surface area contributed by atoms with Gasteiger partial charge in [-0.1, -0.05) is 37.3 Å². The summed E-state index contributed by atoms with van der Waals surface area (Å²) in [5.74, 6) is 0.560. The molecule has 2 unspecified atom stereocenters. The van der Waals surface area contributed by atoms with Gasteiger partial charge in [0.2, 0.25) is 0 Å². The van der Waals surface area contributed by atoms with Crippen molar-refractivity contribution in [3.63, 3.8) is 0 Å². The molecule has 5 heteroatoms. The minimum atomic E-state index is 0.0808. The predicted molar refractivity (Wildman–Crippen MR) is 90.7 cm³/mol. The van der Waals surface area contributed by atoms with Gasteiger partial charge in [-0.25, -0.2) is 0 Å². The molecule has 0 spiro atoms. The van der Waals surface area contributed by atoms with E-state index in [9.17, 15) is 4.79 Å². The lowest BCUT2D eigenvalue weighted by Crippen LogP contribution is -2.51. The topological polar surface area (TPSA) is 51.0 Å². The summed E-state index contributed by atoms with van der Waals surface area (Å²) >= 11 is 0. The molecule has 0 aliphatic carbocycles. The van der Waals surface area contributed by atoms with Crippen molar-refractivity contribution in [1.82, 2.24) is 19.7 Å². The Morgan fingerprint density at radius 1 is 1.00 bits per heavy atom. The smallest absolute Gasteiger partial charge is 0.254 e. The van der Waals surface area contributed by atoms with Crippen molar-refractivity contribution in [2.45, 2.75) is 13.0 Å². The van der Waals surface area contributed by atoms with E-state index in [1.807, 2.05) is 51.9 Å². The van der Waals surface area contributed by atoms with E-state index in [-0.39, 0.29) is 11.9 Å². The van der Waals surface area contributed by atoms with Crippen molar-refractivity contribution in [1.29, 1.82) is 0 Å². The zero-order valence-corrected chi connectivity index (χ0v) is 13.4. The summed E-state index contributed by atoms with van der Waals surface area (Å²) in [5, 5.41) is 7.59. The van der Waals surface area contributed by atoms with Crippen LogP contribution >= 0.6 is 0 Å². The number of benzene rings is 2. The van der Waals surface area contributed by atoms with E-state index in [1.54, 1.807) is 12.7 Å². The number of likely N-dealkylation sites (tertiary alicyclic amines) is 1. The molecule has 0 saturated carbocycles. The maximum atomic E-state index is 12.8. The fourth-order valence-corrected chi connectivity index (χ4v) is 3.34. The van der Waals surface area contributed by atoms with Gasteiger partial charge >= 0.3 is 0 Å². The molecule has 0 radical (unpaired) electrons. The van der Waals surface area contributed by atoms with Crippen molar-refractivity contribution in [3.05, 3.63) is 78.4 Å². The Morgan fingerprint density at radius 3 is 2.29 bits per heavy atom. The Labute approximate surface area is 140 Å². The monoisotopic (exact) mass is 318 g/mol. The van der Waals surface area contributed by atoms with E-state index in [0.29, 0.717) is 11.5 Å². The van der Waals surface area contributed by atoms with Gasteiger partial charge in [-0.15, -0.1) is 10.2 Å². The summed E-state index contributed by atoms with van der Waals surface area (Å²) in [4.78, 5) is 14.8. The van der Waals surface area contributed by atoms with Crippen LogP contribution in [0.3, 0.4) is 0 Å². The highest BCUT2D eigenvalue weighted by molar-refractivity contribution is 5.95. The Morgan fingerprint density at radius 2 is 1.67 bits per heavy atom. The fraction of sp³-hybridized carbons (Fsp3) is 0.211. The van der Waals surface area contributed by atoms with E-state index >= 15 is 0 Å². The van der Waals surface area contributed by atoms with Gasteiger partial charge < -0.3 is 4.90 Å². The standard InChI is InChI=1S/C19H18N4O/c1-14-11-23(18(14)15-5-3-2-4-6-15)19(24)16-7-9-17(10-8-16)22-12-20-21-13-22/h2-10,12-14,18H,11H2,1H3. The molecule has 120 valence electrons. The van der Waals surface area contributed by atoms with Crippen LogP contribution in [0, 0.1) is 5.92 Å². The molecule has 2 atom stereocenters. The van der Waals surface area contributed by atoms with Crippen molar-refractivity contribution in [2.75, 3.05) is 6.54 Å². The predicted octanol–water partition coefficient (Wildman–Crippen LogP) is 3.10. The summed E-state index contributed by atoms with van der Waals surface area (Å²) in [6.07, 6.45) is 3.28. The quantitative estimate of drug-likeness (QED) is 0.745. The molecule has 5 nitrogen and oxygen atoms in total. The van der Waals surface area contributed by atoms with Crippen molar-refractivity contribution in [2.24, 2.45) is 5.92 Å². The summed E-state index contributed by atoms with van der Waals surface area (Å²) in [7, 11) is 0. The Kier molecular flexibility index (Phi) is 3.61. The van der Waals surface area contributed by atoms with Crippen LogP contribution in [-0.4, -0.2) is 32.1 Å². The van der Waals surface area contributed by atoms with Gasteiger partial charge in [0.1, 0.15) is 12.7 Å². The second-order valence-electron chi connectivity index (χ2n) is 6.21. The zero-order valence-electron chi connectivity index (χ0n) is 13.4. The highest BCUT2D eigenvalue weighted by atomic mass is 16.2. The molecule has 1 aliphatic heterocycles. The maximum absolute atomic E-state index is 12.8. The van der Waals surface area contributed by atoms with Crippen LogP contribution in [0.4, 0.5) is 0 Å². The summed E-state index contributed by atoms with van der Waals surface area (Å²) in [6.45, 7) is 2.99. The molecule has 1 fully saturated rings. The Hall–Kier alpha value is -2.95. The third-order valence-electron chi connectivity index (χ3n) is 4.59. The molecule has 4 rings (SSSR count). The van der Waals surface area contributed by atoms with E-state index in [2.05, 4.69) is 29.3 Å². The third kappa shape index (κ3) is 2.48. The number of amides is 1. The number of carbonyl (C=O) groups is 1. The van der Waals surface area contributed by atoms with Gasteiger partial charge in [0.25, 0.3) is 5.91 Å². The second-order valence-corrected chi connectivity index (χ2v) is 6.21. The number of carbonyl (C=O) groups excluding carboxylic acids is 1. The first-order chi connectivity index (χ1) is 11.7. The number of rotatable bonds is 3. The van der Waals surface area contributed by atoms with Crippen LogP contribution in [-0.2, 0) is 0 Å². The average molecular weight is 318 g/mol. The molecule has 2 aromatic carbocycles. The van der Waals surface area contributed by atoms with Crippen LogP contribution in [0.15, 0.2) is 67.3 Å². The highest BCUT2D eigenvalue weighted by Gasteiger charge is 2.40. The van der Waals surface area contributed by atoms with Crippen LogP contribution in [0.5, 0.6) is 0 Å². The number of nitrogens with zero attached hydrogens (tertiary/aromatic N) is 4. The number of hydrogen-bond acceptors (Lipinski definition) is 3. The van der Waals surface area contributed by atoms with Gasteiger partial charge in [-0.2, -0.15) is 0 Å². The third-order valence-corrected chi connectivity index (χ3v) is 4.59. The molecule has 2 heterocycles. The first-order valence-corrected chi connectivity index (χ1v) is 8.05. The Bertz CT molecular complexity index is 828. The van der Waals surface area contributed by atoms with Crippen LogP contribution in [0.1, 0.15) is 28.9 Å². The molecule has 24 heavy (non-hydrogen) atoms. The van der Waals surface area contributed by atoms with Crippen LogP contribution < -0.4 is 0 Å². The molecule has 0 bridgehead atoms. The minimum Gasteiger partial charge on any atom is -0.331 e.